The summed E-state index contributed by atoms with van der Waals surface area (Å²) in [5.41, 5.74) is 10.8. The van der Waals surface area contributed by atoms with E-state index in [9.17, 15) is 0 Å². The number of aromatic nitrogens is 4. The molecule has 0 spiro atoms. The largest absolute Gasteiger partial charge is 0.396 e. The molecular formula is C21H22ClN7O. The molecule has 1 saturated heterocycles. The fraction of sp³-hybridized carbons (Fsp3) is 0.238. The van der Waals surface area contributed by atoms with Crippen molar-refractivity contribution in [2.75, 3.05) is 24.0 Å². The smallest absolute Gasteiger partial charge is 0.0826 e. The minimum atomic E-state index is 0.195. The van der Waals surface area contributed by atoms with E-state index in [1.165, 1.54) is 5.01 Å². The number of fused-ring (bicyclic) bond motifs is 1. The average molecular weight is 424 g/mol. The summed E-state index contributed by atoms with van der Waals surface area (Å²) in [5.74, 6) is 6.47. The molecule has 1 fully saturated rings. The first kappa shape index (κ1) is 18.9. The van der Waals surface area contributed by atoms with Crippen LogP contribution in [0, 0.1) is 0 Å². The molecule has 0 bridgehead atoms. The number of aromatic amines is 1. The summed E-state index contributed by atoms with van der Waals surface area (Å²) in [5, 5.41) is 14.5. The third kappa shape index (κ3) is 3.28. The number of halogens is 1. The zero-order chi connectivity index (χ0) is 20.7. The second-order valence-corrected chi connectivity index (χ2v) is 7.84. The Balaban J connectivity index is 1.55. The number of hydrogen-bond acceptors (Lipinski definition) is 6. The van der Waals surface area contributed by atoms with Crippen molar-refractivity contribution in [3.63, 3.8) is 0 Å². The number of anilines is 3. The molecule has 8 nitrogen and oxygen atoms in total. The van der Waals surface area contributed by atoms with E-state index in [1.807, 2.05) is 41.1 Å². The zero-order valence-electron chi connectivity index (χ0n) is 16.3. The molecule has 3 heterocycles. The highest BCUT2D eigenvalue weighted by molar-refractivity contribution is 6.34. The van der Waals surface area contributed by atoms with Crippen LogP contribution in [0.2, 0.25) is 5.02 Å². The Bertz CT molecular complexity index is 1200. The molecule has 1 aliphatic heterocycles. The lowest BCUT2D eigenvalue weighted by Gasteiger charge is -2.25. The molecular weight excluding hydrogens is 402 g/mol. The van der Waals surface area contributed by atoms with Gasteiger partial charge in [0, 0.05) is 23.8 Å². The fourth-order valence-corrected chi connectivity index (χ4v) is 4.13. The second-order valence-electron chi connectivity index (χ2n) is 7.43. The van der Waals surface area contributed by atoms with Gasteiger partial charge in [0.15, 0.2) is 0 Å². The summed E-state index contributed by atoms with van der Waals surface area (Å²) >= 11 is 6.51. The minimum absolute atomic E-state index is 0.195. The zero-order valence-corrected chi connectivity index (χ0v) is 17.0. The number of ether oxygens (including phenoxy) is 1. The van der Waals surface area contributed by atoms with E-state index < -0.39 is 0 Å². The van der Waals surface area contributed by atoms with Crippen molar-refractivity contribution in [3.05, 3.63) is 53.8 Å². The normalized spacial score (nSPS) is 16.8. The van der Waals surface area contributed by atoms with Crippen LogP contribution in [0.25, 0.3) is 22.2 Å². The van der Waals surface area contributed by atoms with Crippen LogP contribution in [-0.2, 0) is 4.74 Å². The van der Waals surface area contributed by atoms with Gasteiger partial charge in [0.25, 0.3) is 0 Å². The molecule has 5 rings (SSSR count). The Morgan fingerprint density at radius 2 is 2.13 bits per heavy atom. The molecule has 4 aromatic rings. The average Bonchev–Trinajstić information content (AvgIpc) is 3.44. The number of nitrogens with zero attached hydrogens (tertiary/aromatic N) is 4. The highest BCUT2D eigenvalue weighted by atomic mass is 35.5. The monoisotopic (exact) mass is 423 g/mol. The van der Waals surface area contributed by atoms with Gasteiger partial charge < -0.3 is 10.5 Å². The molecule has 1 atom stereocenters. The van der Waals surface area contributed by atoms with Gasteiger partial charge in [0.2, 0.25) is 0 Å². The standard InChI is InChI=1S/C21H22ClN7O/c22-17-8-14(19-5-6-26-29(19)16-2-1-7-30-12-16)9-20(21(17)23)28(24)15-4-3-13-11-25-27-18(13)10-15/h3-6,8-11,16H,1-2,7,12,23-24H2,(H,25,27). The lowest BCUT2D eigenvalue weighted by molar-refractivity contribution is 0.0555. The molecule has 0 radical (unpaired) electrons. The van der Waals surface area contributed by atoms with E-state index >= 15 is 0 Å². The number of hydrazine groups is 1. The van der Waals surface area contributed by atoms with E-state index in [4.69, 9.17) is 27.9 Å². The number of benzene rings is 2. The molecule has 5 N–H and O–H groups in total. The van der Waals surface area contributed by atoms with Crippen molar-refractivity contribution in [1.29, 1.82) is 0 Å². The second kappa shape index (κ2) is 7.64. The molecule has 30 heavy (non-hydrogen) atoms. The minimum Gasteiger partial charge on any atom is -0.396 e. The van der Waals surface area contributed by atoms with Crippen LogP contribution in [0.15, 0.2) is 48.8 Å². The number of rotatable bonds is 4. The number of nitrogen functional groups attached to an aromatic ring is 1. The van der Waals surface area contributed by atoms with Crippen LogP contribution in [0.3, 0.4) is 0 Å². The van der Waals surface area contributed by atoms with Gasteiger partial charge in [-0.3, -0.25) is 14.8 Å². The maximum atomic E-state index is 6.51. The number of nitrogens with one attached hydrogen (secondary N) is 1. The maximum Gasteiger partial charge on any atom is 0.0826 e. The Hall–Kier alpha value is -3.07. The Morgan fingerprint density at radius 1 is 1.23 bits per heavy atom. The molecule has 2 aromatic heterocycles. The van der Waals surface area contributed by atoms with Crippen molar-refractivity contribution >= 4 is 39.6 Å². The Labute approximate surface area is 178 Å². The van der Waals surface area contributed by atoms with E-state index in [1.54, 1.807) is 12.4 Å². The summed E-state index contributed by atoms with van der Waals surface area (Å²) in [7, 11) is 0. The van der Waals surface area contributed by atoms with E-state index in [-0.39, 0.29) is 6.04 Å². The lowest BCUT2D eigenvalue weighted by atomic mass is 10.1. The molecule has 1 unspecified atom stereocenters. The molecule has 2 aromatic carbocycles. The van der Waals surface area contributed by atoms with Crippen LogP contribution in [0.5, 0.6) is 0 Å². The van der Waals surface area contributed by atoms with Crippen molar-refractivity contribution in [2.24, 2.45) is 5.84 Å². The first-order valence-corrected chi connectivity index (χ1v) is 10.2. The number of hydrogen-bond donors (Lipinski definition) is 3. The third-order valence-corrected chi connectivity index (χ3v) is 5.83. The van der Waals surface area contributed by atoms with Crippen LogP contribution >= 0.6 is 11.6 Å². The van der Waals surface area contributed by atoms with Crippen LogP contribution in [0.4, 0.5) is 17.1 Å². The molecule has 0 aliphatic carbocycles. The Morgan fingerprint density at radius 3 is 2.97 bits per heavy atom. The first-order valence-electron chi connectivity index (χ1n) is 9.80. The van der Waals surface area contributed by atoms with Crippen molar-refractivity contribution in [2.45, 2.75) is 18.9 Å². The first-order chi connectivity index (χ1) is 14.6. The molecule has 0 saturated carbocycles. The topological polar surface area (TPSA) is 111 Å². The highest BCUT2D eigenvalue weighted by Gasteiger charge is 2.21. The van der Waals surface area contributed by atoms with Gasteiger partial charge in [-0.15, -0.1) is 0 Å². The highest BCUT2D eigenvalue weighted by Crippen LogP contribution is 2.39. The summed E-state index contributed by atoms with van der Waals surface area (Å²) in [6.07, 6.45) is 5.60. The van der Waals surface area contributed by atoms with Gasteiger partial charge >= 0.3 is 0 Å². The van der Waals surface area contributed by atoms with Crippen molar-refractivity contribution < 1.29 is 4.74 Å². The summed E-state index contributed by atoms with van der Waals surface area (Å²) in [6, 6.07) is 11.7. The molecule has 1 aliphatic rings. The van der Waals surface area contributed by atoms with Gasteiger partial charge in [-0.05, 0) is 49.2 Å². The van der Waals surface area contributed by atoms with Crippen LogP contribution in [-0.4, -0.2) is 33.2 Å². The Kier molecular flexibility index (Phi) is 4.82. The maximum absolute atomic E-state index is 6.51. The van der Waals surface area contributed by atoms with Gasteiger partial charge in [-0.25, -0.2) is 5.84 Å². The summed E-state index contributed by atoms with van der Waals surface area (Å²) < 4.78 is 7.65. The quantitative estimate of drug-likeness (QED) is 0.259. The van der Waals surface area contributed by atoms with Crippen molar-refractivity contribution in [3.8, 4) is 11.3 Å². The molecule has 0 amide bonds. The predicted octanol–water partition coefficient (Wildman–Crippen LogP) is 4.03. The summed E-state index contributed by atoms with van der Waals surface area (Å²) in [4.78, 5) is 0. The van der Waals surface area contributed by atoms with Gasteiger partial charge in [-0.1, -0.05) is 11.6 Å². The van der Waals surface area contributed by atoms with Crippen LogP contribution < -0.4 is 16.6 Å². The van der Waals surface area contributed by atoms with Gasteiger partial charge in [-0.2, -0.15) is 10.2 Å². The predicted molar refractivity (Wildman–Crippen MR) is 119 cm³/mol. The lowest BCUT2D eigenvalue weighted by Crippen LogP contribution is -2.26. The SMILES string of the molecule is Nc1c(Cl)cc(-c2ccnn2C2CCCOC2)cc1N(N)c1ccc2cn[nH]c2c1. The van der Waals surface area contributed by atoms with Gasteiger partial charge in [0.05, 0.1) is 52.1 Å². The molecule has 9 heteroatoms. The number of H-pyrrole nitrogens is 1. The fourth-order valence-electron chi connectivity index (χ4n) is 3.91. The van der Waals surface area contributed by atoms with E-state index in [0.29, 0.717) is 23.0 Å². The van der Waals surface area contributed by atoms with Crippen LogP contribution in [0.1, 0.15) is 18.9 Å². The van der Waals surface area contributed by atoms with E-state index in [0.717, 1.165) is 47.3 Å². The third-order valence-electron chi connectivity index (χ3n) is 5.52. The van der Waals surface area contributed by atoms with Gasteiger partial charge in [0.1, 0.15) is 0 Å². The molecule has 154 valence electrons. The summed E-state index contributed by atoms with van der Waals surface area (Å²) in [6.45, 7) is 1.45. The van der Waals surface area contributed by atoms with E-state index in [2.05, 4.69) is 15.3 Å². The number of nitrogens with two attached hydrogens (primary N) is 2. The van der Waals surface area contributed by atoms with Crippen molar-refractivity contribution in [1.82, 2.24) is 20.0 Å².